The van der Waals surface area contributed by atoms with Crippen molar-refractivity contribution >= 4 is 23.5 Å². The maximum absolute atomic E-state index is 12.3. The van der Waals surface area contributed by atoms with Gasteiger partial charge in [0.25, 0.3) is 0 Å². The molecule has 0 saturated carbocycles. The smallest absolute Gasteiger partial charge is 0.231 e. The Morgan fingerprint density at radius 1 is 1.11 bits per heavy atom. The summed E-state index contributed by atoms with van der Waals surface area (Å²) in [6.07, 6.45) is 3.09. The number of rotatable bonds is 6. The van der Waals surface area contributed by atoms with E-state index in [4.69, 9.17) is 30.2 Å². The summed E-state index contributed by atoms with van der Waals surface area (Å²) in [4.78, 5) is 12.3. The van der Waals surface area contributed by atoms with E-state index in [9.17, 15) is 4.79 Å². The third-order valence-electron chi connectivity index (χ3n) is 4.25. The Bertz CT molecular complexity index is 1050. The molecule has 0 unspecified atom stereocenters. The van der Waals surface area contributed by atoms with Gasteiger partial charge in [0.1, 0.15) is 23.9 Å². The summed E-state index contributed by atoms with van der Waals surface area (Å²) < 4.78 is 21.9. The van der Waals surface area contributed by atoms with Crippen molar-refractivity contribution in [3.63, 3.8) is 0 Å². The molecule has 0 fully saturated rings. The largest absolute Gasteiger partial charge is 0.486 e. The second-order valence-electron chi connectivity index (χ2n) is 6.27. The summed E-state index contributed by atoms with van der Waals surface area (Å²) in [7, 11) is 0. The standard InChI is InChI=1S/C22H17ClO5/c1-14-10-17(5-7-19(14)23)25-12-18-4-3-16(28-18)6-8-20(24)15-2-9-21-22(11-15)27-13-26-21/h2-11H,12-13H2,1H3/b8-6+. The van der Waals surface area contributed by atoms with Crippen LogP contribution in [0.25, 0.3) is 6.08 Å². The second kappa shape index (κ2) is 7.82. The van der Waals surface area contributed by atoms with Gasteiger partial charge in [-0.05, 0) is 73.2 Å². The number of hydrogen-bond donors (Lipinski definition) is 0. The van der Waals surface area contributed by atoms with Crippen LogP contribution in [0.3, 0.4) is 0 Å². The molecule has 0 aliphatic carbocycles. The second-order valence-corrected chi connectivity index (χ2v) is 6.68. The number of ether oxygens (including phenoxy) is 3. The monoisotopic (exact) mass is 396 g/mol. The fourth-order valence-electron chi connectivity index (χ4n) is 2.73. The number of halogens is 1. The number of hydrogen-bond acceptors (Lipinski definition) is 5. The molecule has 5 nitrogen and oxygen atoms in total. The van der Waals surface area contributed by atoms with Crippen molar-refractivity contribution in [3.8, 4) is 17.2 Å². The van der Waals surface area contributed by atoms with E-state index in [-0.39, 0.29) is 19.2 Å². The summed E-state index contributed by atoms with van der Waals surface area (Å²) in [5, 5.41) is 0.699. The fourth-order valence-corrected chi connectivity index (χ4v) is 2.84. The summed E-state index contributed by atoms with van der Waals surface area (Å²) in [5.41, 5.74) is 1.47. The number of carbonyl (C=O) groups is 1. The highest BCUT2D eigenvalue weighted by molar-refractivity contribution is 6.31. The molecule has 1 aliphatic rings. The molecule has 2 heterocycles. The zero-order valence-electron chi connectivity index (χ0n) is 15.1. The number of aryl methyl sites for hydroxylation is 1. The van der Waals surface area contributed by atoms with Gasteiger partial charge < -0.3 is 18.6 Å². The third kappa shape index (κ3) is 4.05. The Morgan fingerprint density at radius 3 is 2.82 bits per heavy atom. The molecule has 0 N–H and O–H groups in total. The molecule has 6 heteroatoms. The highest BCUT2D eigenvalue weighted by atomic mass is 35.5. The van der Waals surface area contributed by atoms with E-state index in [0.29, 0.717) is 39.4 Å². The summed E-state index contributed by atoms with van der Waals surface area (Å²) in [6.45, 7) is 2.38. The predicted molar refractivity (Wildman–Crippen MR) is 105 cm³/mol. The minimum Gasteiger partial charge on any atom is -0.486 e. The van der Waals surface area contributed by atoms with Crippen LogP contribution >= 0.6 is 11.6 Å². The minimum atomic E-state index is -0.149. The van der Waals surface area contributed by atoms with E-state index in [0.717, 1.165) is 5.56 Å². The lowest BCUT2D eigenvalue weighted by Crippen LogP contribution is -1.94. The van der Waals surface area contributed by atoms with Crippen LogP contribution in [0.4, 0.5) is 0 Å². The quantitative estimate of drug-likeness (QED) is 0.410. The van der Waals surface area contributed by atoms with Crippen molar-refractivity contribution in [3.05, 3.63) is 82.3 Å². The first kappa shape index (κ1) is 18.2. The first-order chi connectivity index (χ1) is 13.6. The van der Waals surface area contributed by atoms with Crippen molar-refractivity contribution < 1.29 is 23.4 Å². The predicted octanol–water partition coefficient (Wildman–Crippen LogP) is 5.45. The van der Waals surface area contributed by atoms with Gasteiger partial charge in [-0.1, -0.05) is 11.6 Å². The van der Waals surface area contributed by atoms with Crippen LogP contribution in [0.2, 0.25) is 5.02 Å². The van der Waals surface area contributed by atoms with Gasteiger partial charge >= 0.3 is 0 Å². The van der Waals surface area contributed by atoms with Gasteiger partial charge in [-0.25, -0.2) is 0 Å². The van der Waals surface area contributed by atoms with Crippen molar-refractivity contribution in [2.45, 2.75) is 13.5 Å². The first-order valence-electron chi connectivity index (χ1n) is 8.68. The van der Waals surface area contributed by atoms with Crippen LogP contribution in [0.15, 0.2) is 59.0 Å². The van der Waals surface area contributed by atoms with E-state index in [2.05, 4.69) is 0 Å². The van der Waals surface area contributed by atoms with Gasteiger partial charge in [-0.15, -0.1) is 0 Å². The minimum absolute atomic E-state index is 0.149. The number of furan rings is 1. The van der Waals surface area contributed by atoms with Gasteiger partial charge in [-0.3, -0.25) is 4.79 Å². The summed E-state index contributed by atoms with van der Waals surface area (Å²) >= 11 is 6.01. The van der Waals surface area contributed by atoms with Gasteiger partial charge in [-0.2, -0.15) is 0 Å². The lowest BCUT2D eigenvalue weighted by Gasteiger charge is -2.05. The number of carbonyl (C=O) groups excluding carboxylic acids is 1. The topological polar surface area (TPSA) is 57.9 Å². The molecule has 0 spiro atoms. The van der Waals surface area contributed by atoms with Crippen LogP contribution in [-0.2, 0) is 6.61 Å². The van der Waals surface area contributed by atoms with E-state index in [1.54, 1.807) is 36.4 Å². The molecule has 0 radical (unpaired) electrons. The molecule has 0 saturated heterocycles. The van der Waals surface area contributed by atoms with Gasteiger partial charge in [0.15, 0.2) is 17.3 Å². The number of fused-ring (bicyclic) bond motifs is 1. The zero-order chi connectivity index (χ0) is 19.5. The van der Waals surface area contributed by atoms with Crippen molar-refractivity contribution in [1.29, 1.82) is 0 Å². The van der Waals surface area contributed by atoms with Crippen LogP contribution in [0, 0.1) is 6.92 Å². The number of allylic oxidation sites excluding steroid dienone is 1. The molecule has 0 amide bonds. The van der Waals surface area contributed by atoms with Crippen molar-refractivity contribution in [2.24, 2.45) is 0 Å². The normalized spacial score (nSPS) is 12.5. The zero-order valence-corrected chi connectivity index (χ0v) is 15.9. The van der Waals surface area contributed by atoms with Crippen LogP contribution in [0.5, 0.6) is 17.2 Å². The van der Waals surface area contributed by atoms with Gasteiger partial charge in [0.05, 0.1) is 0 Å². The van der Waals surface area contributed by atoms with Gasteiger partial charge in [0.2, 0.25) is 6.79 Å². The molecule has 0 atom stereocenters. The molecule has 142 valence electrons. The van der Waals surface area contributed by atoms with E-state index < -0.39 is 0 Å². The number of benzene rings is 2. The molecule has 1 aliphatic heterocycles. The SMILES string of the molecule is Cc1cc(OCc2ccc(/C=C/C(=O)c3ccc4c(c3)OCO4)o2)ccc1Cl. The molecule has 28 heavy (non-hydrogen) atoms. The molecular weight excluding hydrogens is 380 g/mol. The van der Waals surface area contributed by atoms with Crippen molar-refractivity contribution in [1.82, 2.24) is 0 Å². The molecule has 1 aromatic heterocycles. The molecule has 2 aromatic carbocycles. The lowest BCUT2D eigenvalue weighted by atomic mass is 10.1. The Kier molecular flexibility index (Phi) is 5.08. The number of ketones is 1. The summed E-state index contributed by atoms with van der Waals surface area (Å²) in [6, 6.07) is 14.2. The van der Waals surface area contributed by atoms with E-state index in [1.165, 1.54) is 6.08 Å². The average Bonchev–Trinajstić information content (AvgIpc) is 3.35. The van der Waals surface area contributed by atoms with Gasteiger partial charge in [0, 0.05) is 10.6 Å². The molecule has 0 bridgehead atoms. The van der Waals surface area contributed by atoms with Crippen LogP contribution in [-0.4, -0.2) is 12.6 Å². The maximum atomic E-state index is 12.3. The highest BCUT2D eigenvalue weighted by Gasteiger charge is 2.15. The molecule has 3 aromatic rings. The lowest BCUT2D eigenvalue weighted by molar-refractivity contribution is 0.104. The fraction of sp³-hybridized carbons (Fsp3) is 0.136. The maximum Gasteiger partial charge on any atom is 0.231 e. The van der Waals surface area contributed by atoms with E-state index in [1.807, 2.05) is 25.1 Å². The van der Waals surface area contributed by atoms with Crippen LogP contribution < -0.4 is 14.2 Å². The highest BCUT2D eigenvalue weighted by Crippen LogP contribution is 2.32. The molecule has 4 rings (SSSR count). The molecular formula is C22H17ClO5. The van der Waals surface area contributed by atoms with E-state index >= 15 is 0 Å². The average molecular weight is 397 g/mol. The van der Waals surface area contributed by atoms with Crippen LogP contribution in [0.1, 0.15) is 27.4 Å². The van der Waals surface area contributed by atoms with Crippen molar-refractivity contribution in [2.75, 3.05) is 6.79 Å². The summed E-state index contributed by atoms with van der Waals surface area (Å²) in [5.74, 6) is 3.02. The first-order valence-corrected chi connectivity index (χ1v) is 9.06. The Morgan fingerprint density at radius 2 is 1.96 bits per heavy atom. The Hall–Kier alpha value is -3.18. The Labute approximate surface area is 167 Å². The Balaban J connectivity index is 1.37. The third-order valence-corrected chi connectivity index (χ3v) is 4.67.